The maximum atomic E-state index is 11.4. The molecular formula is C21H23ClO8. The number of benzene rings is 2. The highest BCUT2D eigenvalue weighted by molar-refractivity contribution is 6.31. The second-order valence-corrected chi connectivity index (χ2v) is 7.25. The van der Waals surface area contributed by atoms with Crippen LogP contribution in [-0.2, 0) is 20.6 Å². The van der Waals surface area contributed by atoms with Crippen molar-refractivity contribution in [3.63, 3.8) is 0 Å². The van der Waals surface area contributed by atoms with Gasteiger partial charge in [-0.1, -0.05) is 35.9 Å². The zero-order valence-corrected chi connectivity index (χ0v) is 17.2. The maximum Gasteiger partial charge on any atom is 0.510 e. The molecule has 9 heteroatoms. The van der Waals surface area contributed by atoms with Crippen molar-refractivity contribution in [1.29, 1.82) is 0 Å². The van der Waals surface area contributed by atoms with Crippen molar-refractivity contribution in [2.45, 2.75) is 37.1 Å². The number of hydrogen-bond acceptors (Lipinski definition) is 8. The van der Waals surface area contributed by atoms with Crippen molar-refractivity contribution in [2.75, 3.05) is 14.2 Å². The van der Waals surface area contributed by atoms with Crippen LogP contribution in [-0.4, -0.2) is 60.3 Å². The second kappa shape index (κ2) is 9.63. The van der Waals surface area contributed by atoms with Crippen LogP contribution in [0.3, 0.4) is 0 Å². The quantitative estimate of drug-likeness (QED) is 0.609. The molecule has 162 valence electrons. The van der Waals surface area contributed by atoms with Crippen LogP contribution in [0.4, 0.5) is 4.79 Å². The predicted molar refractivity (Wildman–Crippen MR) is 106 cm³/mol. The van der Waals surface area contributed by atoms with E-state index in [0.717, 1.165) is 24.0 Å². The van der Waals surface area contributed by atoms with Gasteiger partial charge in [0.25, 0.3) is 0 Å². The summed E-state index contributed by atoms with van der Waals surface area (Å²) in [4.78, 5) is 11.4. The first kappa shape index (κ1) is 22.3. The molecule has 0 aromatic heterocycles. The molecule has 1 aliphatic rings. The summed E-state index contributed by atoms with van der Waals surface area (Å²) < 4.78 is 20.0. The van der Waals surface area contributed by atoms with Crippen LogP contribution in [0, 0.1) is 0 Å². The minimum absolute atomic E-state index is 0.500. The first-order valence-electron chi connectivity index (χ1n) is 9.19. The molecule has 8 nitrogen and oxygen atoms in total. The third-order valence-electron chi connectivity index (χ3n) is 4.90. The smallest absolute Gasteiger partial charge is 0.497 e. The minimum Gasteiger partial charge on any atom is -0.497 e. The van der Waals surface area contributed by atoms with E-state index in [1.807, 2.05) is 24.3 Å². The Hall–Kier alpha value is -2.36. The standard InChI is InChI=1S/C21H23ClO8/c1-27-14-6-3-11(4-7-14)9-13-10-12(5-8-15(13)22)19-17(24)16(23)18(25)20(29-19)30-21(26)28-2/h3-8,10,16-20,23-25H,9H2,1-2H3. The van der Waals surface area contributed by atoms with E-state index in [1.165, 1.54) is 0 Å². The Bertz CT molecular complexity index is 872. The summed E-state index contributed by atoms with van der Waals surface area (Å²) in [6.45, 7) is 0. The molecule has 3 N–H and O–H groups in total. The fourth-order valence-corrected chi connectivity index (χ4v) is 3.42. The molecule has 1 heterocycles. The van der Waals surface area contributed by atoms with Gasteiger partial charge in [0, 0.05) is 5.02 Å². The summed E-state index contributed by atoms with van der Waals surface area (Å²) >= 11 is 6.34. The molecule has 0 aliphatic carbocycles. The van der Waals surface area contributed by atoms with E-state index in [1.54, 1.807) is 25.3 Å². The van der Waals surface area contributed by atoms with Crippen molar-refractivity contribution in [3.8, 4) is 5.75 Å². The lowest BCUT2D eigenvalue weighted by molar-refractivity contribution is -0.286. The zero-order chi connectivity index (χ0) is 21.8. The molecule has 2 aromatic carbocycles. The predicted octanol–water partition coefficient (Wildman–Crippen LogP) is 2.20. The van der Waals surface area contributed by atoms with Gasteiger partial charge in [-0.3, -0.25) is 0 Å². The van der Waals surface area contributed by atoms with Crippen LogP contribution in [0.25, 0.3) is 0 Å². The summed E-state index contributed by atoms with van der Waals surface area (Å²) in [5.41, 5.74) is 2.25. The second-order valence-electron chi connectivity index (χ2n) is 6.84. The lowest BCUT2D eigenvalue weighted by atomic mass is 9.92. The lowest BCUT2D eigenvalue weighted by Crippen LogP contribution is -2.55. The zero-order valence-electron chi connectivity index (χ0n) is 16.4. The number of aliphatic hydroxyl groups excluding tert-OH is 3. The molecular weight excluding hydrogens is 416 g/mol. The van der Waals surface area contributed by atoms with Gasteiger partial charge in [-0.15, -0.1) is 0 Å². The van der Waals surface area contributed by atoms with E-state index < -0.39 is 36.9 Å². The lowest BCUT2D eigenvalue weighted by Gasteiger charge is -2.39. The highest BCUT2D eigenvalue weighted by atomic mass is 35.5. The van der Waals surface area contributed by atoms with Crippen molar-refractivity contribution in [1.82, 2.24) is 0 Å². The van der Waals surface area contributed by atoms with Crippen LogP contribution >= 0.6 is 11.6 Å². The fourth-order valence-electron chi connectivity index (χ4n) is 3.23. The van der Waals surface area contributed by atoms with E-state index in [4.69, 9.17) is 25.8 Å². The normalized spacial score (nSPS) is 26.1. The molecule has 30 heavy (non-hydrogen) atoms. The summed E-state index contributed by atoms with van der Waals surface area (Å²) in [5, 5.41) is 31.2. The average molecular weight is 439 g/mol. The Morgan fingerprint density at radius 2 is 1.73 bits per heavy atom. The van der Waals surface area contributed by atoms with Crippen molar-refractivity contribution < 1.29 is 39.1 Å². The molecule has 5 unspecified atom stereocenters. The largest absolute Gasteiger partial charge is 0.510 e. The third kappa shape index (κ3) is 4.85. The van der Waals surface area contributed by atoms with E-state index in [-0.39, 0.29) is 0 Å². The Morgan fingerprint density at radius 1 is 1.03 bits per heavy atom. The summed E-state index contributed by atoms with van der Waals surface area (Å²) in [5.74, 6) is 0.738. The Kier molecular flexibility index (Phi) is 7.17. The number of methoxy groups -OCH3 is 2. The summed E-state index contributed by atoms with van der Waals surface area (Å²) in [7, 11) is 2.69. The number of aliphatic hydroxyl groups is 3. The minimum atomic E-state index is -1.64. The molecule has 0 saturated carbocycles. The molecule has 1 aliphatic heterocycles. The Morgan fingerprint density at radius 3 is 2.37 bits per heavy atom. The van der Waals surface area contributed by atoms with E-state index in [0.29, 0.717) is 17.0 Å². The topological polar surface area (TPSA) is 115 Å². The van der Waals surface area contributed by atoms with Crippen LogP contribution < -0.4 is 4.74 Å². The molecule has 5 atom stereocenters. The molecule has 0 spiro atoms. The number of ether oxygens (including phenoxy) is 4. The highest BCUT2D eigenvalue weighted by Crippen LogP contribution is 2.35. The first-order valence-corrected chi connectivity index (χ1v) is 9.57. The number of carbonyl (C=O) groups is 1. The van der Waals surface area contributed by atoms with Crippen LogP contribution in [0.15, 0.2) is 42.5 Å². The van der Waals surface area contributed by atoms with Gasteiger partial charge in [0.15, 0.2) is 0 Å². The van der Waals surface area contributed by atoms with Gasteiger partial charge in [0.05, 0.1) is 14.2 Å². The molecule has 0 amide bonds. The van der Waals surface area contributed by atoms with E-state index in [2.05, 4.69) is 4.74 Å². The third-order valence-corrected chi connectivity index (χ3v) is 5.27. The van der Waals surface area contributed by atoms with Crippen molar-refractivity contribution in [2.24, 2.45) is 0 Å². The SMILES string of the molecule is COC(=O)OC1OC(c2ccc(Cl)c(Cc3ccc(OC)cc3)c2)C(O)C(O)C1O. The van der Waals surface area contributed by atoms with Gasteiger partial charge < -0.3 is 34.3 Å². The van der Waals surface area contributed by atoms with Gasteiger partial charge >= 0.3 is 6.16 Å². The van der Waals surface area contributed by atoms with E-state index >= 15 is 0 Å². The number of rotatable bonds is 5. The molecule has 1 fully saturated rings. The van der Waals surface area contributed by atoms with Gasteiger partial charge in [-0.05, 0) is 41.3 Å². The van der Waals surface area contributed by atoms with Crippen LogP contribution in [0.2, 0.25) is 5.02 Å². The van der Waals surface area contributed by atoms with Gasteiger partial charge in [0.1, 0.15) is 30.2 Å². The highest BCUT2D eigenvalue weighted by Gasteiger charge is 2.46. The van der Waals surface area contributed by atoms with Gasteiger partial charge in [0.2, 0.25) is 6.29 Å². The van der Waals surface area contributed by atoms with Gasteiger partial charge in [-0.2, -0.15) is 0 Å². The van der Waals surface area contributed by atoms with Crippen molar-refractivity contribution in [3.05, 3.63) is 64.2 Å². The summed E-state index contributed by atoms with van der Waals surface area (Å²) in [6, 6.07) is 12.5. The number of halogens is 1. The molecule has 0 radical (unpaired) electrons. The van der Waals surface area contributed by atoms with Crippen molar-refractivity contribution >= 4 is 17.8 Å². The fraction of sp³-hybridized carbons (Fsp3) is 0.381. The number of hydrogen-bond donors (Lipinski definition) is 3. The van der Waals surface area contributed by atoms with Gasteiger partial charge in [-0.25, -0.2) is 4.79 Å². The van der Waals surface area contributed by atoms with Crippen LogP contribution in [0.5, 0.6) is 5.75 Å². The molecule has 0 bridgehead atoms. The molecule has 2 aromatic rings. The first-order chi connectivity index (χ1) is 14.3. The van der Waals surface area contributed by atoms with Crippen LogP contribution in [0.1, 0.15) is 22.8 Å². The summed E-state index contributed by atoms with van der Waals surface area (Å²) in [6.07, 6.45) is -7.84. The number of carbonyl (C=O) groups excluding carboxylic acids is 1. The maximum absolute atomic E-state index is 11.4. The Labute approximate surface area is 178 Å². The molecule has 3 rings (SSSR count). The monoisotopic (exact) mass is 438 g/mol. The molecule has 1 saturated heterocycles. The van der Waals surface area contributed by atoms with E-state index in [9.17, 15) is 20.1 Å². The Balaban J connectivity index is 1.84. The average Bonchev–Trinajstić information content (AvgIpc) is 2.76.